The summed E-state index contributed by atoms with van der Waals surface area (Å²) in [5.74, 6) is 1.02. The molecule has 0 fully saturated rings. The molecule has 2 nitrogen and oxygen atoms in total. The molecule has 0 aromatic rings. The zero-order chi connectivity index (χ0) is 14.6. The van der Waals surface area contributed by atoms with Gasteiger partial charge in [-0.25, -0.2) is 0 Å². The Bertz CT molecular complexity index is 261. The van der Waals surface area contributed by atoms with Crippen molar-refractivity contribution >= 4 is 5.78 Å². The zero-order valence-corrected chi connectivity index (χ0v) is 13.6. The van der Waals surface area contributed by atoms with Crippen LogP contribution in [-0.2, 0) is 9.53 Å². The van der Waals surface area contributed by atoms with Crippen molar-refractivity contribution in [2.45, 2.75) is 61.3 Å². The monoisotopic (exact) mass is 256 g/mol. The number of hydrogen-bond acceptors (Lipinski definition) is 2. The summed E-state index contributed by atoms with van der Waals surface area (Å²) in [6, 6.07) is 0. The quantitative estimate of drug-likeness (QED) is 0.678. The summed E-state index contributed by atoms with van der Waals surface area (Å²) < 4.78 is 5.42. The number of Topliss-reactive ketones (excluding diaryl/α,β-unsaturated/α-hetero) is 1. The fraction of sp³-hybridized carbons (Fsp3) is 0.938. The standard InChI is InChI=1S/C16H32O2/c1-12(2)9-10-16(11-18-8,15(5,6)7)14(17)13(3)4/h12-13H,9-11H2,1-8H3. The maximum absolute atomic E-state index is 12.7. The Kier molecular flexibility index (Phi) is 6.56. The molecule has 0 spiro atoms. The molecular formula is C16H32O2. The molecule has 0 saturated carbocycles. The van der Waals surface area contributed by atoms with Crippen LogP contribution >= 0.6 is 0 Å². The normalized spacial score (nSPS) is 16.1. The van der Waals surface area contributed by atoms with E-state index in [2.05, 4.69) is 34.6 Å². The summed E-state index contributed by atoms with van der Waals surface area (Å²) in [6.45, 7) is 15.4. The Balaban J connectivity index is 5.36. The van der Waals surface area contributed by atoms with E-state index in [9.17, 15) is 4.79 Å². The van der Waals surface area contributed by atoms with Crippen molar-refractivity contribution in [3.63, 3.8) is 0 Å². The van der Waals surface area contributed by atoms with Crippen LogP contribution in [0.3, 0.4) is 0 Å². The molecule has 0 N–H and O–H groups in total. The first-order chi connectivity index (χ1) is 8.08. The molecular weight excluding hydrogens is 224 g/mol. The molecule has 0 rings (SSSR count). The molecule has 108 valence electrons. The van der Waals surface area contributed by atoms with E-state index < -0.39 is 0 Å². The average Bonchev–Trinajstić information content (AvgIpc) is 2.21. The molecule has 18 heavy (non-hydrogen) atoms. The van der Waals surface area contributed by atoms with Crippen LogP contribution < -0.4 is 0 Å². The van der Waals surface area contributed by atoms with Crippen molar-refractivity contribution in [1.82, 2.24) is 0 Å². The highest BCUT2D eigenvalue weighted by Gasteiger charge is 2.48. The van der Waals surface area contributed by atoms with Gasteiger partial charge in [0, 0.05) is 13.0 Å². The smallest absolute Gasteiger partial charge is 0.144 e. The van der Waals surface area contributed by atoms with Crippen LogP contribution in [-0.4, -0.2) is 19.5 Å². The van der Waals surface area contributed by atoms with Gasteiger partial charge in [0.1, 0.15) is 5.78 Å². The van der Waals surface area contributed by atoms with Gasteiger partial charge >= 0.3 is 0 Å². The Hall–Kier alpha value is -0.370. The number of ether oxygens (including phenoxy) is 1. The van der Waals surface area contributed by atoms with E-state index in [1.807, 2.05) is 13.8 Å². The Morgan fingerprint density at radius 1 is 1.11 bits per heavy atom. The van der Waals surface area contributed by atoms with E-state index >= 15 is 0 Å². The minimum atomic E-state index is -0.361. The van der Waals surface area contributed by atoms with Gasteiger partial charge in [-0.1, -0.05) is 48.5 Å². The van der Waals surface area contributed by atoms with Gasteiger partial charge in [-0.3, -0.25) is 4.79 Å². The Morgan fingerprint density at radius 3 is 1.89 bits per heavy atom. The molecule has 0 bridgehead atoms. The van der Waals surface area contributed by atoms with Gasteiger partial charge in [0.25, 0.3) is 0 Å². The van der Waals surface area contributed by atoms with Crippen LogP contribution in [0.15, 0.2) is 0 Å². The van der Waals surface area contributed by atoms with Crippen molar-refractivity contribution in [2.75, 3.05) is 13.7 Å². The van der Waals surface area contributed by atoms with Crippen LogP contribution in [0, 0.1) is 22.7 Å². The van der Waals surface area contributed by atoms with E-state index in [4.69, 9.17) is 4.74 Å². The lowest BCUT2D eigenvalue weighted by Crippen LogP contribution is -2.48. The van der Waals surface area contributed by atoms with Crippen molar-refractivity contribution in [1.29, 1.82) is 0 Å². The second-order valence-corrected chi connectivity index (χ2v) is 7.22. The van der Waals surface area contributed by atoms with E-state index in [1.54, 1.807) is 7.11 Å². The lowest BCUT2D eigenvalue weighted by Gasteiger charge is -2.44. The van der Waals surface area contributed by atoms with Crippen LogP contribution in [0.1, 0.15) is 61.3 Å². The summed E-state index contributed by atoms with van der Waals surface area (Å²) >= 11 is 0. The van der Waals surface area contributed by atoms with Gasteiger partial charge in [-0.05, 0) is 24.2 Å². The highest BCUT2D eigenvalue weighted by Crippen LogP contribution is 2.46. The first kappa shape index (κ1) is 17.6. The van der Waals surface area contributed by atoms with Gasteiger partial charge in [-0.2, -0.15) is 0 Å². The molecule has 1 unspecified atom stereocenters. The molecule has 0 saturated heterocycles. The molecule has 0 aliphatic heterocycles. The molecule has 0 amide bonds. The van der Waals surface area contributed by atoms with E-state index in [-0.39, 0.29) is 16.7 Å². The van der Waals surface area contributed by atoms with Gasteiger partial charge in [0.05, 0.1) is 12.0 Å². The number of carbonyl (C=O) groups is 1. The summed E-state index contributed by atoms with van der Waals surface area (Å²) in [5, 5.41) is 0. The molecule has 0 aliphatic carbocycles. The molecule has 0 aliphatic rings. The fourth-order valence-corrected chi connectivity index (χ4v) is 2.56. The molecule has 0 radical (unpaired) electrons. The molecule has 1 atom stereocenters. The van der Waals surface area contributed by atoms with Crippen LogP contribution in [0.5, 0.6) is 0 Å². The average molecular weight is 256 g/mol. The van der Waals surface area contributed by atoms with Gasteiger partial charge in [0.2, 0.25) is 0 Å². The first-order valence-electron chi connectivity index (χ1n) is 7.11. The number of methoxy groups -OCH3 is 1. The molecule has 0 aromatic heterocycles. The minimum absolute atomic E-state index is 0.0616. The largest absolute Gasteiger partial charge is 0.384 e. The third-order valence-electron chi connectivity index (χ3n) is 3.97. The minimum Gasteiger partial charge on any atom is -0.384 e. The second-order valence-electron chi connectivity index (χ2n) is 7.22. The fourth-order valence-electron chi connectivity index (χ4n) is 2.56. The predicted octanol–water partition coefficient (Wildman–Crippen LogP) is 4.33. The van der Waals surface area contributed by atoms with Crippen LogP contribution in [0.4, 0.5) is 0 Å². The third-order valence-corrected chi connectivity index (χ3v) is 3.97. The number of ketones is 1. The van der Waals surface area contributed by atoms with Gasteiger partial charge in [0.15, 0.2) is 0 Å². The van der Waals surface area contributed by atoms with E-state index in [0.717, 1.165) is 12.8 Å². The van der Waals surface area contributed by atoms with E-state index in [0.29, 0.717) is 18.3 Å². The highest BCUT2D eigenvalue weighted by molar-refractivity contribution is 5.87. The van der Waals surface area contributed by atoms with Crippen molar-refractivity contribution in [2.24, 2.45) is 22.7 Å². The predicted molar refractivity (Wildman–Crippen MR) is 77.7 cm³/mol. The van der Waals surface area contributed by atoms with Crippen molar-refractivity contribution in [3.05, 3.63) is 0 Å². The number of rotatable bonds is 7. The molecule has 0 heterocycles. The summed E-state index contributed by atoms with van der Waals surface area (Å²) in [6.07, 6.45) is 1.98. The van der Waals surface area contributed by atoms with Crippen molar-refractivity contribution in [3.8, 4) is 0 Å². The van der Waals surface area contributed by atoms with Gasteiger partial charge in [-0.15, -0.1) is 0 Å². The lowest BCUT2D eigenvalue weighted by atomic mass is 9.60. The zero-order valence-electron chi connectivity index (χ0n) is 13.6. The summed E-state index contributed by atoms with van der Waals surface area (Å²) in [7, 11) is 1.70. The lowest BCUT2D eigenvalue weighted by molar-refractivity contribution is -0.145. The van der Waals surface area contributed by atoms with Crippen molar-refractivity contribution < 1.29 is 9.53 Å². The number of carbonyl (C=O) groups excluding carboxylic acids is 1. The Morgan fingerprint density at radius 2 is 1.61 bits per heavy atom. The second kappa shape index (κ2) is 6.70. The van der Waals surface area contributed by atoms with Crippen LogP contribution in [0.2, 0.25) is 0 Å². The molecule has 0 aromatic carbocycles. The van der Waals surface area contributed by atoms with Crippen LogP contribution in [0.25, 0.3) is 0 Å². The first-order valence-corrected chi connectivity index (χ1v) is 7.11. The number of hydrogen-bond donors (Lipinski definition) is 0. The maximum Gasteiger partial charge on any atom is 0.144 e. The molecule has 2 heteroatoms. The summed E-state index contributed by atoms with van der Waals surface area (Å²) in [4.78, 5) is 12.7. The Labute approximate surface area is 113 Å². The summed E-state index contributed by atoms with van der Waals surface area (Å²) in [5.41, 5.74) is -0.431. The maximum atomic E-state index is 12.7. The highest BCUT2D eigenvalue weighted by atomic mass is 16.5. The third kappa shape index (κ3) is 4.08. The topological polar surface area (TPSA) is 26.3 Å². The van der Waals surface area contributed by atoms with Gasteiger partial charge < -0.3 is 4.74 Å². The SMILES string of the molecule is COCC(CCC(C)C)(C(=O)C(C)C)C(C)(C)C. The van der Waals surface area contributed by atoms with E-state index in [1.165, 1.54) is 0 Å².